The van der Waals surface area contributed by atoms with Gasteiger partial charge in [0.15, 0.2) is 0 Å². The van der Waals surface area contributed by atoms with Gasteiger partial charge < -0.3 is 10.1 Å². The van der Waals surface area contributed by atoms with Crippen LogP contribution in [0.5, 0.6) is 5.75 Å². The number of H-pyrrole nitrogens is 1. The number of hydrogen-bond acceptors (Lipinski definition) is 3. The Morgan fingerprint density at radius 1 is 1.35 bits per heavy atom. The maximum absolute atomic E-state index is 11.7. The number of aromatic amines is 1. The first-order valence-electron chi connectivity index (χ1n) is 5.95. The summed E-state index contributed by atoms with van der Waals surface area (Å²) in [5.74, 6) is -0.0402. The number of rotatable bonds is 3. The summed E-state index contributed by atoms with van der Waals surface area (Å²) in [5.41, 5.74) is 5.20. The van der Waals surface area contributed by atoms with Crippen LogP contribution in [0, 0.1) is 13.8 Å². The maximum Gasteiger partial charge on any atom is 0.287 e. The molecule has 6 heteroatoms. The van der Waals surface area contributed by atoms with Gasteiger partial charge in [-0.3, -0.25) is 4.79 Å². The Bertz CT molecular complexity index is 654. The molecule has 104 valence electrons. The smallest absolute Gasteiger partial charge is 0.287 e. The highest BCUT2D eigenvalue weighted by Gasteiger charge is 2.06. The normalized spacial score (nSPS) is 10.9. The second-order valence-corrected chi connectivity index (χ2v) is 5.35. The fourth-order valence-electron chi connectivity index (χ4n) is 1.79. The lowest BCUT2D eigenvalue weighted by Gasteiger charge is -2.04. The highest BCUT2D eigenvalue weighted by Crippen LogP contribution is 2.21. The van der Waals surface area contributed by atoms with Crippen LogP contribution in [-0.2, 0) is 0 Å². The quantitative estimate of drug-likeness (QED) is 0.595. The van der Waals surface area contributed by atoms with E-state index in [1.54, 1.807) is 24.4 Å². The van der Waals surface area contributed by atoms with E-state index in [1.807, 2.05) is 13.8 Å². The standard InChI is InChI=1S/C14H14BrN3O2/c1-8-3-10(4-9(2)13(8)19)6-17-18-14(20)12-5-11(15)7-16-12/h3-7,16,19H,1-2H3,(H,18,20)/b17-6+. The van der Waals surface area contributed by atoms with Gasteiger partial charge in [-0.15, -0.1) is 0 Å². The number of amides is 1. The number of benzene rings is 1. The minimum atomic E-state index is -0.320. The molecule has 0 aliphatic rings. The van der Waals surface area contributed by atoms with Crippen molar-refractivity contribution in [1.82, 2.24) is 10.4 Å². The van der Waals surface area contributed by atoms with Crippen molar-refractivity contribution in [3.8, 4) is 5.75 Å². The number of halogens is 1. The van der Waals surface area contributed by atoms with Crippen molar-refractivity contribution in [1.29, 1.82) is 0 Å². The van der Waals surface area contributed by atoms with Crippen LogP contribution < -0.4 is 5.43 Å². The molecule has 2 aromatic rings. The third kappa shape index (κ3) is 3.27. The molecule has 20 heavy (non-hydrogen) atoms. The number of nitrogens with zero attached hydrogens (tertiary/aromatic N) is 1. The predicted octanol–water partition coefficient (Wildman–Crippen LogP) is 2.86. The predicted molar refractivity (Wildman–Crippen MR) is 81.1 cm³/mol. The molecule has 0 saturated carbocycles. The van der Waals surface area contributed by atoms with Gasteiger partial charge in [0.25, 0.3) is 5.91 Å². The molecule has 0 aliphatic heterocycles. The van der Waals surface area contributed by atoms with E-state index in [9.17, 15) is 9.90 Å². The number of carbonyl (C=O) groups is 1. The third-order valence-corrected chi connectivity index (χ3v) is 3.24. The first-order chi connectivity index (χ1) is 9.47. The monoisotopic (exact) mass is 335 g/mol. The molecule has 3 N–H and O–H groups in total. The number of hydrazone groups is 1. The molecule has 0 atom stereocenters. The lowest BCUT2D eigenvalue weighted by Crippen LogP contribution is -2.17. The molecule has 0 radical (unpaired) electrons. The lowest BCUT2D eigenvalue weighted by atomic mass is 10.1. The zero-order chi connectivity index (χ0) is 14.7. The number of carbonyl (C=O) groups excluding carboxylic acids is 1. The molecule has 0 aliphatic carbocycles. The summed E-state index contributed by atoms with van der Waals surface area (Å²) in [6.07, 6.45) is 3.21. The van der Waals surface area contributed by atoms with E-state index >= 15 is 0 Å². The summed E-state index contributed by atoms with van der Waals surface area (Å²) in [6.45, 7) is 3.63. The lowest BCUT2D eigenvalue weighted by molar-refractivity contribution is 0.0951. The largest absolute Gasteiger partial charge is 0.507 e. The van der Waals surface area contributed by atoms with Crippen molar-refractivity contribution in [3.63, 3.8) is 0 Å². The minimum Gasteiger partial charge on any atom is -0.507 e. The van der Waals surface area contributed by atoms with Gasteiger partial charge in [-0.2, -0.15) is 5.10 Å². The number of phenolic OH excluding ortho intramolecular Hbond substituents is 1. The van der Waals surface area contributed by atoms with Gasteiger partial charge >= 0.3 is 0 Å². The average Bonchev–Trinajstić information content (AvgIpc) is 2.82. The first-order valence-corrected chi connectivity index (χ1v) is 6.74. The van der Waals surface area contributed by atoms with Crippen LogP contribution >= 0.6 is 15.9 Å². The number of hydrogen-bond donors (Lipinski definition) is 3. The Hall–Kier alpha value is -2.08. The summed E-state index contributed by atoms with van der Waals surface area (Å²) in [4.78, 5) is 14.5. The zero-order valence-electron chi connectivity index (χ0n) is 11.1. The van der Waals surface area contributed by atoms with Crippen molar-refractivity contribution < 1.29 is 9.90 Å². The molecule has 0 spiro atoms. The van der Waals surface area contributed by atoms with Crippen molar-refractivity contribution in [2.24, 2.45) is 5.10 Å². The number of phenols is 1. The summed E-state index contributed by atoms with van der Waals surface area (Å²) in [6, 6.07) is 5.26. The van der Waals surface area contributed by atoms with Gasteiger partial charge in [-0.25, -0.2) is 5.43 Å². The molecule has 2 rings (SSSR count). The Kier molecular flexibility index (Phi) is 4.24. The van der Waals surface area contributed by atoms with Gasteiger partial charge in [0.2, 0.25) is 0 Å². The van der Waals surface area contributed by atoms with Crippen LogP contribution in [0.3, 0.4) is 0 Å². The van der Waals surface area contributed by atoms with E-state index in [2.05, 4.69) is 31.4 Å². The van der Waals surface area contributed by atoms with Crippen molar-refractivity contribution in [2.45, 2.75) is 13.8 Å². The Balaban J connectivity index is 2.05. The highest BCUT2D eigenvalue weighted by atomic mass is 79.9. The van der Waals surface area contributed by atoms with E-state index < -0.39 is 0 Å². The summed E-state index contributed by atoms with van der Waals surface area (Å²) in [5, 5.41) is 13.6. The molecule has 1 heterocycles. The summed E-state index contributed by atoms with van der Waals surface area (Å²) < 4.78 is 0.802. The second kappa shape index (κ2) is 5.92. The van der Waals surface area contributed by atoms with E-state index in [0.29, 0.717) is 5.69 Å². The van der Waals surface area contributed by atoms with Crippen LogP contribution in [-0.4, -0.2) is 22.2 Å². The third-order valence-electron chi connectivity index (χ3n) is 2.79. The number of aromatic nitrogens is 1. The van der Waals surface area contributed by atoms with E-state index in [4.69, 9.17) is 0 Å². The van der Waals surface area contributed by atoms with Gasteiger partial charge in [0, 0.05) is 10.7 Å². The van der Waals surface area contributed by atoms with E-state index in [1.165, 1.54) is 6.21 Å². The number of aryl methyl sites for hydroxylation is 2. The molecule has 0 unspecified atom stereocenters. The molecule has 5 nitrogen and oxygen atoms in total. The molecule has 1 amide bonds. The Morgan fingerprint density at radius 2 is 2.00 bits per heavy atom. The van der Waals surface area contributed by atoms with Crippen molar-refractivity contribution >= 4 is 28.1 Å². The minimum absolute atomic E-state index is 0.280. The van der Waals surface area contributed by atoms with Crippen LogP contribution in [0.1, 0.15) is 27.2 Å². The topological polar surface area (TPSA) is 77.5 Å². The molecular formula is C14H14BrN3O2. The molecule has 1 aromatic carbocycles. The maximum atomic E-state index is 11.7. The van der Waals surface area contributed by atoms with Crippen LogP contribution in [0.15, 0.2) is 34.0 Å². The molecular weight excluding hydrogens is 322 g/mol. The Labute approximate surface area is 124 Å². The van der Waals surface area contributed by atoms with E-state index in [-0.39, 0.29) is 11.7 Å². The summed E-state index contributed by atoms with van der Waals surface area (Å²) in [7, 11) is 0. The number of nitrogens with one attached hydrogen (secondary N) is 2. The fourth-order valence-corrected chi connectivity index (χ4v) is 2.13. The van der Waals surface area contributed by atoms with Gasteiger partial charge in [-0.1, -0.05) is 0 Å². The van der Waals surface area contributed by atoms with Crippen LogP contribution in [0.4, 0.5) is 0 Å². The Morgan fingerprint density at radius 3 is 2.55 bits per heavy atom. The van der Waals surface area contributed by atoms with Gasteiger partial charge in [-0.05, 0) is 64.7 Å². The first kappa shape index (κ1) is 14.3. The molecule has 0 saturated heterocycles. The molecule has 1 aromatic heterocycles. The van der Waals surface area contributed by atoms with Gasteiger partial charge in [0.1, 0.15) is 11.4 Å². The number of aromatic hydroxyl groups is 1. The van der Waals surface area contributed by atoms with E-state index in [0.717, 1.165) is 21.2 Å². The highest BCUT2D eigenvalue weighted by molar-refractivity contribution is 9.10. The fraction of sp³-hybridized carbons (Fsp3) is 0.143. The average molecular weight is 336 g/mol. The van der Waals surface area contributed by atoms with Crippen LogP contribution in [0.25, 0.3) is 0 Å². The molecule has 0 fully saturated rings. The zero-order valence-corrected chi connectivity index (χ0v) is 12.7. The molecule has 0 bridgehead atoms. The summed E-state index contributed by atoms with van der Waals surface area (Å²) >= 11 is 3.25. The van der Waals surface area contributed by atoms with Crippen molar-refractivity contribution in [2.75, 3.05) is 0 Å². The van der Waals surface area contributed by atoms with Crippen molar-refractivity contribution in [3.05, 3.63) is 51.3 Å². The second-order valence-electron chi connectivity index (χ2n) is 4.43. The van der Waals surface area contributed by atoms with Crippen LogP contribution in [0.2, 0.25) is 0 Å². The SMILES string of the molecule is Cc1cc(/C=N/NC(=O)c2cc(Br)c[nH]2)cc(C)c1O. The van der Waals surface area contributed by atoms with Gasteiger partial charge in [0.05, 0.1) is 6.21 Å².